The Bertz CT molecular complexity index is 455. The first-order valence-electron chi connectivity index (χ1n) is 5.56. The molecule has 0 spiro atoms. The first-order chi connectivity index (χ1) is 7.63. The summed E-state index contributed by atoms with van der Waals surface area (Å²) in [6.07, 6.45) is 2.69. The molecule has 4 rings (SSSR count). The first-order valence-corrected chi connectivity index (χ1v) is 5.56. The SMILES string of the molecule is O=[N+]([O-])c1cccc(C23CCC(C2)C3O)c1. The summed E-state index contributed by atoms with van der Waals surface area (Å²) in [4.78, 5) is 10.3. The van der Waals surface area contributed by atoms with E-state index in [4.69, 9.17) is 0 Å². The van der Waals surface area contributed by atoms with Gasteiger partial charge in [-0.2, -0.15) is 0 Å². The summed E-state index contributed by atoms with van der Waals surface area (Å²) in [6.45, 7) is 0. The molecule has 4 heteroatoms. The minimum absolute atomic E-state index is 0.120. The minimum atomic E-state index is -0.377. The van der Waals surface area contributed by atoms with Crippen molar-refractivity contribution in [3.8, 4) is 0 Å². The Morgan fingerprint density at radius 1 is 1.50 bits per heavy atom. The first kappa shape index (κ1) is 9.78. The monoisotopic (exact) mass is 219 g/mol. The molecule has 1 N–H and O–H groups in total. The summed E-state index contributed by atoms with van der Waals surface area (Å²) in [7, 11) is 0. The molecule has 0 aromatic heterocycles. The van der Waals surface area contributed by atoms with Gasteiger partial charge in [-0.3, -0.25) is 10.1 Å². The zero-order valence-electron chi connectivity index (χ0n) is 8.80. The van der Waals surface area contributed by atoms with Gasteiger partial charge in [-0.15, -0.1) is 0 Å². The standard InChI is InChI=1S/C12H13NO3/c14-11-8-4-5-12(11,7-8)9-2-1-3-10(6-9)13(15)16/h1-3,6,8,11,14H,4-5,7H2. The smallest absolute Gasteiger partial charge is 0.269 e. The van der Waals surface area contributed by atoms with Crippen LogP contribution in [0.25, 0.3) is 0 Å². The van der Waals surface area contributed by atoms with Crippen LogP contribution in [0, 0.1) is 16.0 Å². The van der Waals surface area contributed by atoms with Gasteiger partial charge in [-0.25, -0.2) is 0 Å². The molecule has 84 valence electrons. The number of benzene rings is 1. The predicted octanol–water partition coefficient (Wildman–Crippen LogP) is 2.01. The Morgan fingerprint density at radius 2 is 2.31 bits per heavy atom. The second kappa shape index (κ2) is 3.04. The summed E-state index contributed by atoms with van der Waals surface area (Å²) >= 11 is 0. The van der Waals surface area contributed by atoms with Crippen LogP contribution in [0.2, 0.25) is 0 Å². The molecule has 0 radical (unpaired) electrons. The number of hydrogen-bond donors (Lipinski definition) is 1. The largest absolute Gasteiger partial charge is 0.392 e. The van der Waals surface area contributed by atoms with E-state index in [0.717, 1.165) is 24.8 Å². The second-order valence-electron chi connectivity index (χ2n) is 4.91. The molecule has 1 aromatic rings. The van der Waals surface area contributed by atoms with Crippen LogP contribution in [0.5, 0.6) is 0 Å². The molecule has 3 aliphatic carbocycles. The van der Waals surface area contributed by atoms with E-state index in [2.05, 4.69) is 0 Å². The average molecular weight is 219 g/mol. The van der Waals surface area contributed by atoms with Crippen molar-refractivity contribution in [1.29, 1.82) is 0 Å². The van der Waals surface area contributed by atoms with E-state index < -0.39 is 0 Å². The third kappa shape index (κ3) is 1.08. The Labute approximate surface area is 93.1 Å². The summed E-state index contributed by atoms with van der Waals surface area (Å²) in [5.74, 6) is 0.416. The Kier molecular flexibility index (Phi) is 1.86. The molecule has 3 aliphatic rings. The lowest BCUT2D eigenvalue weighted by molar-refractivity contribution is -0.385. The summed E-state index contributed by atoms with van der Waals surface area (Å²) in [5.41, 5.74) is 0.869. The number of aliphatic hydroxyl groups is 1. The van der Waals surface area contributed by atoms with Crippen LogP contribution < -0.4 is 0 Å². The predicted molar refractivity (Wildman–Crippen MR) is 58.1 cm³/mol. The van der Waals surface area contributed by atoms with Gasteiger partial charge in [0.25, 0.3) is 5.69 Å². The van der Waals surface area contributed by atoms with Gasteiger partial charge >= 0.3 is 0 Å². The van der Waals surface area contributed by atoms with Gasteiger partial charge in [-0.1, -0.05) is 12.1 Å². The fraction of sp³-hybridized carbons (Fsp3) is 0.500. The third-order valence-electron chi connectivity index (χ3n) is 4.23. The zero-order valence-corrected chi connectivity index (χ0v) is 8.80. The van der Waals surface area contributed by atoms with Gasteiger partial charge in [0, 0.05) is 17.5 Å². The normalized spacial score (nSPS) is 35.8. The summed E-state index contributed by atoms with van der Waals surface area (Å²) < 4.78 is 0. The molecular formula is C12H13NO3. The number of hydrogen-bond acceptors (Lipinski definition) is 3. The highest BCUT2D eigenvalue weighted by Crippen LogP contribution is 2.59. The van der Waals surface area contributed by atoms with Crippen LogP contribution in [0.1, 0.15) is 24.8 Å². The van der Waals surface area contributed by atoms with Crippen molar-refractivity contribution < 1.29 is 10.0 Å². The van der Waals surface area contributed by atoms with E-state index in [1.807, 2.05) is 6.07 Å². The van der Waals surface area contributed by atoms with Gasteiger partial charge in [-0.05, 0) is 30.7 Å². The van der Waals surface area contributed by atoms with Crippen molar-refractivity contribution in [3.05, 3.63) is 39.9 Å². The number of fused-ring (bicyclic) bond motifs is 1. The molecule has 3 fully saturated rings. The van der Waals surface area contributed by atoms with Crippen LogP contribution in [0.15, 0.2) is 24.3 Å². The van der Waals surface area contributed by atoms with E-state index >= 15 is 0 Å². The van der Waals surface area contributed by atoms with Crippen molar-refractivity contribution in [2.24, 2.45) is 5.92 Å². The maximum atomic E-state index is 10.7. The molecule has 1 aromatic carbocycles. The molecule has 0 amide bonds. The van der Waals surface area contributed by atoms with Gasteiger partial charge in [0.2, 0.25) is 0 Å². The number of aliphatic hydroxyl groups excluding tert-OH is 1. The molecular weight excluding hydrogens is 206 g/mol. The lowest BCUT2D eigenvalue weighted by Crippen LogP contribution is -2.48. The van der Waals surface area contributed by atoms with Crippen molar-refractivity contribution in [3.63, 3.8) is 0 Å². The second-order valence-corrected chi connectivity index (χ2v) is 4.91. The lowest BCUT2D eigenvalue weighted by Gasteiger charge is -2.44. The van der Waals surface area contributed by atoms with E-state index in [9.17, 15) is 15.2 Å². The zero-order chi connectivity index (χ0) is 11.3. The molecule has 3 saturated carbocycles. The Balaban J connectivity index is 2.01. The molecule has 3 atom stereocenters. The van der Waals surface area contributed by atoms with Crippen molar-refractivity contribution >= 4 is 5.69 Å². The highest BCUT2D eigenvalue weighted by atomic mass is 16.6. The topological polar surface area (TPSA) is 63.4 Å². The fourth-order valence-corrected chi connectivity index (χ4v) is 3.31. The molecule has 0 saturated heterocycles. The Hall–Kier alpha value is -1.42. The van der Waals surface area contributed by atoms with Crippen LogP contribution in [0.4, 0.5) is 5.69 Å². The number of nitrogens with zero attached hydrogens (tertiary/aromatic N) is 1. The number of nitro groups is 1. The van der Waals surface area contributed by atoms with Crippen LogP contribution in [-0.2, 0) is 5.41 Å². The van der Waals surface area contributed by atoms with Crippen LogP contribution in [-0.4, -0.2) is 16.1 Å². The highest BCUT2D eigenvalue weighted by Gasteiger charge is 2.59. The Morgan fingerprint density at radius 3 is 2.88 bits per heavy atom. The molecule has 4 nitrogen and oxygen atoms in total. The molecule has 16 heavy (non-hydrogen) atoms. The van der Waals surface area contributed by atoms with Gasteiger partial charge < -0.3 is 5.11 Å². The van der Waals surface area contributed by atoms with Crippen molar-refractivity contribution in [2.45, 2.75) is 30.8 Å². The van der Waals surface area contributed by atoms with E-state index in [-0.39, 0.29) is 22.1 Å². The van der Waals surface area contributed by atoms with Gasteiger partial charge in [0.15, 0.2) is 0 Å². The fourth-order valence-electron chi connectivity index (χ4n) is 3.31. The van der Waals surface area contributed by atoms with Crippen LogP contribution in [0.3, 0.4) is 0 Å². The van der Waals surface area contributed by atoms with Gasteiger partial charge in [0.05, 0.1) is 11.0 Å². The number of non-ortho nitro benzene ring substituents is 1. The van der Waals surface area contributed by atoms with Crippen molar-refractivity contribution in [1.82, 2.24) is 0 Å². The maximum absolute atomic E-state index is 10.7. The van der Waals surface area contributed by atoms with Crippen molar-refractivity contribution in [2.75, 3.05) is 0 Å². The lowest BCUT2D eigenvalue weighted by atomic mass is 9.63. The van der Waals surface area contributed by atoms with E-state index in [0.29, 0.717) is 5.92 Å². The van der Waals surface area contributed by atoms with Crippen LogP contribution >= 0.6 is 0 Å². The molecule has 0 heterocycles. The van der Waals surface area contributed by atoms with Gasteiger partial charge in [0.1, 0.15) is 0 Å². The maximum Gasteiger partial charge on any atom is 0.269 e. The third-order valence-corrected chi connectivity index (χ3v) is 4.23. The van der Waals surface area contributed by atoms with E-state index in [1.54, 1.807) is 12.1 Å². The summed E-state index contributed by atoms with van der Waals surface area (Å²) in [5, 5.41) is 20.7. The molecule has 2 bridgehead atoms. The number of nitro benzene ring substituents is 1. The minimum Gasteiger partial charge on any atom is -0.392 e. The quantitative estimate of drug-likeness (QED) is 0.611. The average Bonchev–Trinajstić information content (AvgIpc) is 2.87. The van der Waals surface area contributed by atoms with E-state index in [1.165, 1.54) is 6.07 Å². The summed E-state index contributed by atoms with van der Waals surface area (Å²) in [6, 6.07) is 6.72. The molecule has 3 unspecified atom stereocenters. The molecule has 0 aliphatic heterocycles. The highest BCUT2D eigenvalue weighted by molar-refractivity contribution is 5.42. The number of rotatable bonds is 2.